The Hall–Kier alpha value is -2.05. The van der Waals surface area contributed by atoms with E-state index in [1.54, 1.807) is 23.1 Å². The second kappa shape index (κ2) is 7.68. The van der Waals surface area contributed by atoms with Gasteiger partial charge in [-0.1, -0.05) is 17.3 Å². The number of nitrogens with zero attached hydrogens (tertiary/aromatic N) is 1. The number of hydrogen-bond donors (Lipinski definition) is 1. The van der Waals surface area contributed by atoms with Gasteiger partial charge in [0.1, 0.15) is 0 Å². The van der Waals surface area contributed by atoms with E-state index in [2.05, 4.69) is 22.6 Å². The molecule has 4 nitrogen and oxygen atoms in total. The van der Waals surface area contributed by atoms with Crippen molar-refractivity contribution in [1.29, 1.82) is 0 Å². The zero-order valence-electron chi connectivity index (χ0n) is 14.5. The third kappa shape index (κ3) is 3.86. The smallest absolute Gasteiger partial charge is 0.237 e. The predicted octanol–water partition coefficient (Wildman–Crippen LogP) is 5.15. The first-order valence-corrected chi connectivity index (χ1v) is 10.7. The fraction of sp³-hybridized carbons (Fsp3) is 0.300. The predicted molar refractivity (Wildman–Crippen MR) is 108 cm³/mol. The van der Waals surface area contributed by atoms with Crippen LogP contribution in [-0.2, 0) is 23.4 Å². The van der Waals surface area contributed by atoms with Crippen molar-refractivity contribution < 1.29 is 9.32 Å². The molecule has 1 aliphatic rings. The summed E-state index contributed by atoms with van der Waals surface area (Å²) in [5.41, 5.74) is 4.53. The molecule has 4 rings (SSSR count). The average Bonchev–Trinajstić information content (AvgIpc) is 3.39. The van der Waals surface area contributed by atoms with Crippen LogP contribution in [0, 0.1) is 0 Å². The highest BCUT2D eigenvalue weighted by atomic mass is 32.2. The molecule has 0 saturated carbocycles. The van der Waals surface area contributed by atoms with Gasteiger partial charge >= 0.3 is 0 Å². The van der Waals surface area contributed by atoms with E-state index in [-0.39, 0.29) is 11.2 Å². The average molecular weight is 385 g/mol. The second-order valence-electron chi connectivity index (χ2n) is 6.44. The third-order valence-corrected chi connectivity index (χ3v) is 6.60. The lowest BCUT2D eigenvalue weighted by molar-refractivity contribution is -0.115. The van der Waals surface area contributed by atoms with Gasteiger partial charge in [-0.25, -0.2) is 0 Å². The Labute approximate surface area is 161 Å². The van der Waals surface area contributed by atoms with Gasteiger partial charge in [0.25, 0.3) is 0 Å². The number of fused-ring (bicyclic) bond motifs is 1. The molecule has 1 N–H and O–H groups in total. The zero-order valence-corrected chi connectivity index (χ0v) is 16.2. The van der Waals surface area contributed by atoms with Crippen LogP contribution in [0.4, 0.5) is 5.69 Å². The molecule has 6 heteroatoms. The Morgan fingerprint density at radius 1 is 1.31 bits per heavy atom. The normalized spacial score (nSPS) is 14.2. The summed E-state index contributed by atoms with van der Waals surface area (Å²) in [5.74, 6) is 1.45. The molecule has 26 heavy (non-hydrogen) atoms. The summed E-state index contributed by atoms with van der Waals surface area (Å²) in [7, 11) is 0. The molecular formula is C20H20N2O2S2. The fourth-order valence-electron chi connectivity index (χ4n) is 3.09. The summed E-state index contributed by atoms with van der Waals surface area (Å²) < 4.78 is 5.39. The van der Waals surface area contributed by atoms with E-state index in [9.17, 15) is 4.79 Å². The number of nitrogens with one attached hydrogen (secondary N) is 1. The van der Waals surface area contributed by atoms with Crippen LogP contribution in [0.2, 0.25) is 0 Å². The van der Waals surface area contributed by atoms with Crippen molar-refractivity contribution in [2.75, 3.05) is 5.32 Å². The highest BCUT2D eigenvalue weighted by Crippen LogP contribution is 2.28. The van der Waals surface area contributed by atoms with E-state index in [4.69, 9.17) is 4.52 Å². The molecule has 0 spiro atoms. The molecule has 2 heterocycles. The summed E-state index contributed by atoms with van der Waals surface area (Å²) in [6.07, 6.45) is 3.48. The van der Waals surface area contributed by atoms with Crippen LogP contribution in [0.15, 0.2) is 46.3 Å². The molecule has 0 bridgehead atoms. The molecule has 0 radical (unpaired) electrons. The lowest BCUT2D eigenvalue weighted by atomic mass is 10.1. The summed E-state index contributed by atoms with van der Waals surface area (Å²) in [6, 6.07) is 12.2. The molecule has 0 fully saturated rings. The van der Waals surface area contributed by atoms with Gasteiger partial charge in [-0.2, -0.15) is 0 Å². The number of thioether (sulfide) groups is 1. The Balaban J connectivity index is 1.31. The van der Waals surface area contributed by atoms with Gasteiger partial charge < -0.3 is 9.84 Å². The Bertz CT molecular complexity index is 902. The van der Waals surface area contributed by atoms with Crippen LogP contribution >= 0.6 is 23.1 Å². The van der Waals surface area contributed by atoms with E-state index >= 15 is 0 Å². The molecule has 134 valence electrons. The van der Waals surface area contributed by atoms with Gasteiger partial charge in [0.2, 0.25) is 5.91 Å². The number of rotatable bonds is 6. The van der Waals surface area contributed by atoms with E-state index < -0.39 is 0 Å². The maximum absolute atomic E-state index is 12.5. The van der Waals surface area contributed by atoms with Crippen LogP contribution in [0.3, 0.4) is 0 Å². The maximum Gasteiger partial charge on any atom is 0.237 e. The molecule has 0 unspecified atom stereocenters. The van der Waals surface area contributed by atoms with Crippen LogP contribution in [-0.4, -0.2) is 16.3 Å². The van der Waals surface area contributed by atoms with Crippen molar-refractivity contribution in [3.63, 3.8) is 0 Å². The number of hydrogen-bond acceptors (Lipinski definition) is 5. The summed E-state index contributed by atoms with van der Waals surface area (Å²) in [5, 5.41) is 8.99. The molecule has 1 amide bonds. The molecule has 2 aromatic heterocycles. The van der Waals surface area contributed by atoms with E-state index in [1.807, 2.05) is 36.6 Å². The van der Waals surface area contributed by atoms with Crippen molar-refractivity contribution in [3.8, 4) is 10.6 Å². The zero-order chi connectivity index (χ0) is 17.9. The number of aromatic nitrogens is 1. The highest BCUT2D eigenvalue weighted by molar-refractivity contribution is 7.99. The number of carbonyl (C=O) groups is 1. The number of anilines is 1. The van der Waals surface area contributed by atoms with Crippen LogP contribution in [0.5, 0.6) is 0 Å². The highest BCUT2D eigenvalue weighted by Gasteiger charge is 2.17. The van der Waals surface area contributed by atoms with Crippen molar-refractivity contribution in [1.82, 2.24) is 5.16 Å². The fourth-order valence-corrected chi connectivity index (χ4v) is 4.53. The summed E-state index contributed by atoms with van der Waals surface area (Å²) >= 11 is 3.19. The molecule has 0 saturated heterocycles. The van der Waals surface area contributed by atoms with Crippen molar-refractivity contribution in [2.24, 2.45) is 0 Å². The third-order valence-electron chi connectivity index (χ3n) is 4.54. The van der Waals surface area contributed by atoms with Crippen molar-refractivity contribution >= 4 is 34.7 Å². The van der Waals surface area contributed by atoms with Gasteiger partial charge in [0.05, 0.1) is 15.8 Å². The van der Waals surface area contributed by atoms with Crippen molar-refractivity contribution in [3.05, 3.63) is 58.6 Å². The first-order valence-electron chi connectivity index (χ1n) is 8.73. The number of benzene rings is 1. The molecule has 1 aliphatic carbocycles. The van der Waals surface area contributed by atoms with E-state index in [0.717, 1.165) is 34.9 Å². The minimum absolute atomic E-state index is 0.0231. The first kappa shape index (κ1) is 17.4. The quantitative estimate of drug-likeness (QED) is 0.638. The standard InChI is InChI=1S/C20H20N2O2S2/c1-13(20(23)21-16-8-7-14-4-2-5-15(14)10-16)26-12-17-11-18(24-22-17)19-6-3-9-25-19/h3,6-11,13H,2,4-5,12H2,1H3,(H,21,23)/t13-/m0/s1. The number of amides is 1. The van der Waals surface area contributed by atoms with Gasteiger partial charge in [-0.15, -0.1) is 23.1 Å². The summed E-state index contributed by atoms with van der Waals surface area (Å²) in [6.45, 7) is 1.92. The molecular weight excluding hydrogens is 364 g/mol. The Kier molecular flexibility index (Phi) is 5.13. The van der Waals surface area contributed by atoms with Crippen LogP contribution in [0.25, 0.3) is 10.6 Å². The minimum Gasteiger partial charge on any atom is -0.355 e. The van der Waals surface area contributed by atoms with Crippen molar-refractivity contribution in [2.45, 2.75) is 37.2 Å². The number of carbonyl (C=O) groups excluding carboxylic acids is 1. The lowest BCUT2D eigenvalue weighted by Gasteiger charge is -2.12. The van der Waals surface area contributed by atoms with Crippen LogP contribution < -0.4 is 5.32 Å². The number of aryl methyl sites for hydroxylation is 2. The molecule has 0 aliphatic heterocycles. The van der Waals surface area contributed by atoms with E-state index in [0.29, 0.717) is 5.75 Å². The van der Waals surface area contributed by atoms with Gasteiger partial charge in [-0.05, 0) is 60.9 Å². The Morgan fingerprint density at radius 2 is 2.19 bits per heavy atom. The van der Waals surface area contributed by atoms with E-state index in [1.165, 1.54) is 17.5 Å². The largest absolute Gasteiger partial charge is 0.355 e. The van der Waals surface area contributed by atoms with Crippen LogP contribution in [0.1, 0.15) is 30.2 Å². The summed E-state index contributed by atoms with van der Waals surface area (Å²) in [4.78, 5) is 13.5. The first-order chi connectivity index (χ1) is 12.7. The molecule has 3 aromatic rings. The molecule has 1 atom stereocenters. The monoisotopic (exact) mass is 384 g/mol. The van der Waals surface area contributed by atoms with Gasteiger partial charge in [0.15, 0.2) is 5.76 Å². The second-order valence-corrected chi connectivity index (χ2v) is 8.72. The maximum atomic E-state index is 12.5. The minimum atomic E-state index is -0.162. The topological polar surface area (TPSA) is 55.1 Å². The molecule has 1 aromatic carbocycles. The number of thiophene rings is 1. The Morgan fingerprint density at radius 3 is 3.04 bits per heavy atom. The lowest BCUT2D eigenvalue weighted by Crippen LogP contribution is -2.22. The van der Waals surface area contributed by atoms with Gasteiger partial charge in [-0.3, -0.25) is 4.79 Å². The SMILES string of the molecule is C[C@H](SCc1cc(-c2cccs2)on1)C(=O)Nc1ccc2c(c1)CCC2. The van der Waals surface area contributed by atoms with Gasteiger partial charge in [0, 0.05) is 17.5 Å².